The van der Waals surface area contributed by atoms with Gasteiger partial charge in [-0.15, -0.1) is 0 Å². The van der Waals surface area contributed by atoms with Crippen molar-refractivity contribution in [2.75, 3.05) is 50.6 Å². The molecule has 1 aliphatic rings. The van der Waals surface area contributed by atoms with Crippen LogP contribution in [0.25, 0.3) is 10.9 Å². The summed E-state index contributed by atoms with van der Waals surface area (Å²) in [5.74, 6) is -0.130. The Kier molecular flexibility index (Phi) is 6.35. The van der Waals surface area contributed by atoms with E-state index < -0.39 is 6.10 Å². The van der Waals surface area contributed by atoms with E-state index in [1.807, 2.05) is 54.6 Å². The van der Waals surface area contributed by atoms with E-state index in [-0.39, 0.29) is 11.8 Å². The van der Waals surface area contributed by atoms with Crippen LogP contribution in [0.1, 0.15) is 26.8 Å². The molecule has 2 aromatic carbocycles. The fourth-order valence-electron chi connectivity index (χ4n) is 4.34. The Labute approximate surface area is 203 Å². The number of nitrogens with zero attached hydrogens (tertiary/aromatic N) is 4. The number of fused-ring (bicyclic) bond motifs is 1. The second-order valence-electron chi connectivity index (χ2n) is 8.72. The van der Waals surface area contributed by atoms with Gasteiger partial charge in [-0.3, -0.25) is 19.3 Å². The summed E-state index contributed by atoms with van der Waals surface area (Å²) in [6.45, 7) is 3.99. The zero-order valence-corrected chi connectivity index (χ0v) is 19.8. The summed E-state index contributed by atoms with van der Waals surface area (Å²) in [6.07, 6.45) is 2.57. The number of hydrogen-bond acceptors (Lipinski definition) is 6. The van der Waals surface area contributed by atoms with E-state index in [4.69, 9.17) is 4.74 Å². The number of methoxy groups -OCH3 is 1. The van der Waals surface area contributed by atoms with Crippen LogP contribution in [-0.2, 0) is 4.74 Å². The first-order valence-corrected chi connectivity index (χ1v) is 11.6. The highest BCUT2D eigenvalue weighted by Gasteiger charge is 2.23. The normalized spacial score (nSPS) is 15.3. The molecule has 1 fully saturated rings. The third-order valence-electron chi connectivity index (χ3n) is 6.42. The van der Waals surface area contributed by atoms with E-state index in [0.717, 1.165) is 37.4 Å². The van der Waals surface area contributed by atoms with Gasteiger partial charge in [0.2, 0.25) is 0 Å². The van der Waals surface area contributed by atoms with Crippen molar-refractivity contribution >= 4 is 34.2 Å². The predicted octanol–water partition coefficient (Wildman–Crippen LogP) is 3.40. The smallest absolute Gasteiger partial charge is 0.264 e. The zero-order valence-electron chi connectivity index (χ0n) is 19.8. The molecule has 2 N–H and O–H groups in total. The molecule has 0 spiro atoms. The number of ether oxygens (including phenoxy) is 1. The molecule has 1 aliphatic heterocycles. The first-order chi connectivity index (χ1) is 17.0. The lowest BCUT2D eigenvalue weighted by atomic mass is 10.1. The molecule has 0 radical (unpaired) electrons. The Morgan fingerprint density at radius 2 is 1.71 bits per heavy atom. The fraction of sp³-hybridized carbons (Fsp3) is 0.269. The van der Waals surface area contributed by atoms with Crippen molar-refractivity contribution in [3.8, 4) is 0 Å². The number of likely N-dealkylation sites (N-methyl/N-ethyl adjacent to an activating group) is 1. The number of anilines is 2. The Morgan fingerprint density at radius 3 is 2.40 bits per heavy atom. The predicted molar refractivity (Wildman–Crippen MR) is 135 cm³/mol. The Morgan fingerprint density at radius 1 is 1.00 bits per heavy atom. The van der Waals surface area contributed by atoms with Gasteiger partial charge < -0.3 is 19.9 Å². The van der Waals surface area contributed by atoms with Crippen molar-refractivity contribution in [2.24, 2.45) is 0 Å². The standard InChI is InChI=1S/C26H28N6O3/c1-30-12-14-31(15-13-30)20-10-8-19(9-11-20)25(33)27-24-21-16-32(17-22(21)28-29-24)26(34)23(35-2)18-6-4-3-5-7-18/h3-11,16-17,23,28H,12-15H2,1-2H3,(H,27,29,33)/t23-/m1/s1. The summed E-state index contributed by atoms with van der Waals surface area (Å²) in [4.78, 5) is 30.6. The van der Waals surface area contributed by atoms with Gasteiger partial charge in [-0.25, -0.2) is 0 Å². The van der Waals surface area contributed by atoms with Crippen LogP contribution in [0.5, 0.6) is 0 Å². The molecule has 0 saturated carbocycles. The third-order valence-corrected chi connectivity index (χ3v) is 6.42. The van der Waals surface area contributed by atoms with E-state index in [0.29, 0.717) is 22.3 Å². The van der Waals surface area contributed by atoms with E-state index in [9.17, 15) is 9.59 Å². The van der Waals surface area contributed by atoms with E-state index in [1.165, 1.54) is 11.7 Å². The van der Waals surface area contributed by atoms with Crippen molar-refractivity contribution < 1.29 is 14.3 Å². The van der Waals surface area contributed by atoms with E-state index in [2.05, 4.69) is 32.4 Å². The molecule has 1 atom stereocenters. The average molecular weight is 473 g/mol. The first kappa shape index (κ1) is 22.8. The maximum Gasteiger partial charge on any atom is 0.264 e. The van der Waals surface area contributed by atoms with Gasteiger partial charge in [0.1, 0.15) is 0 Å². The minimum Gasteiger partial charge on any atom is -0.369 e. The van der Waals surface area contributed by atoms with Crippen molar-refractivity contribution in [1.29, 1.82) is 0 Å². The average Bonchev–Trinajstić information content (AvgIpc) is 3.48. The van der Waals surface area contributed by atoms with Gasteiger partial charge in [0.05, 0.1) is 10.9 Å². The fourth-order valence-corrected chi connectivity index (χ4v) is 4.34. The molecule has 180 valence electrons. The molecule has 0 unspecified atom stereocenters. The molecule has 0 aliphatic carbocycles. The van der Waals surface area contributed by atoms with Crippen molar-refractivity contribution in [3.63, 3.8) is 0 Å². The molecule has 1 saturated heterocycles. The summed E-state index contributed by atoms with van der Waals surface area (Å²) in [5.41, 5.74) is 3.06. The third kappa shape index (κ3) is 4.68. The summed E-state index contributed by atoms with van der Waals surface area (Å²) in [5, 5.41) is 10.6. The second-order valence-corrected chi connectivity index (χ2v) is 8.72. The van der Waals surface area contributed by atoms with Gasteiger partial charge in [0, 0.05) is 56.9 Å². The minimum atomic E-state index is -0.738. The summed E-state index contributed by atoms with van der Waals surface area (Å²) in [7, 11) is 3.63. The number of H-pyrrole nitrogens is 1. The minimum absolute atomic E-state index is 0.236. The van der Waals surface area contributed by atoms with Crippen molar-refractivity contribution in [1.82, 2.24) is 19.7 Å². The van der Waals surface area contributed by atoms with Crippen LogP contribution in [0.15, 0.2) is 67.0 Å². The molecule has 35 heavy (non-hydrogen) atoms. The van der Waals surface area contributed by atoms with Crippen molar-refractivity contribution in [2.45, 2.75) is 6.10 Å². The lowest BCUT2D eigenvalue weighted by Crippen LogP contribution is -2.44. The highest BCUT2D eigenvalue weighted by Crippen LogP contribution is 2.25. The number of piperazine rings is 1. The number of amides is 1. The van der Waals surface area contributed by atoms with Crippen molar-refractivity contribution in [3.05, 3.63) is 78.1 Å². The number of benzene rings is 2. The molecule has 2 aromatic heterocycles. The summed E-state index contributed by atoms with van der Waals surface area (Å²) < 4.78 is 6.93. The van der Waals surface area contributed by atoms with Gasteiger partial charge in [0.15, 0.2) is 11.9 Å². The highest BCUT2D eigenvalue weighted by atomic mass is 16.5. The van der Waals surface area contributed by atoms with Crippen LogP contribution < -0.4 is 10.2 Å². The largest absolute Gasteiger partial charge is 0.369 e. The molecule has 5 rings (SSSR count). The number of aromatic nitrogens is 3. The molecule has 1 amide bonds. The second kappa shape index (κ2) is 9.73. The quantitative estimate of drug-likeness (QED) is 0.447. The van der Waals surface area contributed by atoms with Gasteiger partial charge in [-0.1, -0.05) is 30.3 Å². The topological polar surface area (TPSA) is 95.5 Å². The SMILES string of the molecule is CO[C@@H](C(=O)n1cc2[nH]nc(NC(=O)c3ccc(N4CCN(C)CC4)cc3)c2c1)c1ccccc1. The lowest BCUT2D eigenvalue weighted by molar-refractivity contribution is 0.0515. The molecule has 3 heterocycles. The summed E-state index contributed by atoms with van der Waals surface area (Å²) >= 11 is 0. The number of nitrogens with one attached hydrogen (secondary N) is 2. The van der Waals surface area contributed by atoms with E-state index >= 15 is 0 Å². The Hall–Kier alpha value is -3.95. The molecule has 9 nitrogen and oxygen atoms in total. The monoisotopic (exact) mass is 472 g/mol. The number of rotatable bonds is 6. The first-order valence-electron chi connectivity index (χ1n) is 11.6. The molecule has 4 aromatic rings. The zero-order chi connectivity index (χ0) is 24.4. The lowest BCUT2D eigenvalue weighted by Gasteiger charge is -2.34. The van der Waals surface area contributed by atoms with Gasteiger partial charge in [-0.2, -0.15) is 5.10 Å². The number of carbonyl (C=O) groups excluding carboxylic acids is 2. The van der Waals surface area contributed by atoms with Crippen LogP contribution in [-0.4, -0.2) is 71.8 Å². The Bertz CT molecular complexity index is 1320. The van der Waals surface area contributed by atoms with Crippen LogP contribution in [0, 0.1) is 0 Å². The van der Waals surface area contributed by atoms with Crippen LogP contribution in [0.4, 0.5) is 11.5 Å². The maximum atomic E-state index is 13.1. The molecule has 9 heteroatoms. The number of carbonyl (C=O) groups is 2. The van der Waals surface area contributed by atoms with Gasteiger partial charge >= 0.3 is 0 Å². The van der Waals surface area contributed by atoms with Crippen LogP contribution in [0.3, 0.4) is 0 Å². The molecular weight excluding hydrogens is 444 g/mol. The van der Waals surface area contributed by atoms with Gasteiger partial charge in [0.25, 0.3) is 11.8 Å². The van der Waals surface area contributed by atoms with Gasteiger partial charge in [-0.05, 0) is 36.9 Å². The number of aromatic amines is 1. The molecular formula is C26H28N6O3. The van der Waals surface area contributed by atoms with Crippen LogP contribution >= 0.6 is 0 Å². The van der Waals surface area contributed by atoms with E-state index in [1.54, 1.807) is 12.4 Å². The highest BCUT2D eigenvalue weighted by molar-refractivity contribution is 6.08. The maximum absolute atomic E-state index is 13.1. The number of hydrogen-bond donors (Lipinski definition) is 2. The summed E-state index contributed by atoms with van der Waals surface area (Å²) in [6, 6.07) is 16.9. The molecule has 0 bridgehead atoms. The van der Waals surface area contributed by atoms with Crippen LogP contribution in [0.2, 0.25) is 0 Å². The Balaban J connectivity index is 1.30.